The molecule has 0 aromatic heterocycles. The third-order valence-corrected chi connectivity index (χ3v) is 3.72. The summed E-state index contributed by atoms with van der Waals surface area (Å²) in [5, 5.41) is 9.07. The third-order valence-electron chi connectivity index (χ3n) is 3.72. The molecule has 0 fully saturated rings. The molecule has 2 rings (SSSR count). The predicted octanol–water partition coefficient (Wildman–Crippen LogP) is 2.94. The summed E-state index contributed by atoms with van der Waals surface area (Å²) in [4.78, 5) is 13.4. The van der Waals surface area contributed by atoms with Crippen LogP contribution in [-0.2, 0) is 11.2 Å². The van der Waals surface area contributed by atoms with Crippen LogP contribution in [0.5, 0.6) is 0 Å². The van der Waals surface area contributed by atoms with Crippen LogP contribution in [0, 0.1) is 5.92 Å². The lowest BCUT2D eigenvalue weighted by Gasteiger charge is -2.32. The number of rotatable bonds is 4. The van der Waals surface area contributed by atoms with E-state index in [0.717, 1.165) is 6.42 Å². The standard InChI is InChI=1S/C15H21NO2/c1-10(2)16-13(8-11(3)15(17)18)9-12-6-4-5-7-14(12)16/h4-7,10-11,13H,8-9H2,1-3H3,(H,17,18). The van der Waals surface area contributed by atoms with E-state index in [4.69, 9.17) is 5.11 Å². The largest absolute Gasteiger partial charge is 0.481 e. The number of carboxylic acids is 1. The Morgan fingerprint density at radius 2 is 2.06 bits per heavy atom. The van der Waals surface area contributed by atoms with E-state index < -0.39 is 5.97 Å². The van der Waals surface area contributed by atoms with Crippen LogP contribution in [0.25, 0.3) is 0 Å². The SMILES string of the molecule is CC(CC1Cc2ccccc2N1C(C)C)C(=O)O. The average molecular weight is 247 g/mol. The highest BCUT2D eigenvalue weighted by Crippen LogP contribution is 2.36. The second-order valence-electron chi connectivity index (χ2n) is 5.46. The molecule has 18 heavy (non-hydrogen) atoms. The first-order chi connectivity index (χ1) is 8.50. The average Bonchev–Trinajstić information content (AvgIpc) is 2.66. The van der Waals surface area contributed by atoms with Crippen LogP contribution in [0.1, 0.15) is 32.8 Å². The summed E-state index contributed by atoms with van der Waals surface area (Å²) >= 11 is 0. The highest BCUT2D eigenvalue weighted by atomic mass is 16.4. The molecule has 1 heterocycles. The molecule has 0 bridgehead atoms. The van der Waals surface area contributed by atoms with Crippen LogP contribution >= 0.6 is 0 Å². The molecule has 2 atom stereocenters. The maximum absolute atomic E-state index is 11.0. The van der Waals surface area contributed by atoms with Gasteiger partial charge in [0, 0.05) is 17.8 Å². The molecule has 98 valence electrons. The van der Waals surface area contributed by atoms with Crippen molar-refractivity contribution in [1.29, 1.82) is 0 Å². The fourth-order valence-corrected chi connectivity index (χ4v) is 2.89. The van der Waals surface area contributed by atoms with Gasteiger partial charge in [0.2, 0.25) is 0 Å². The van der Waals surface area contributed by atoms with Gasteiger partial charge in [-0.2, -0.15) is 0 Å². The first kappa shape index (κ1) is 12.9. The minimum Gasteiger partial charge on any atom is -0.481 e. The first-order valence-electron chi connectivity index (χ1n) is 6.59. The van der Waals surface area contributed by atoms with E-state index in [1.165, 1.54) is 11.3 Å². The zero-order chi connectivity index (χ0) is 13.3. The topological polar surface area (TPSA) is 40.5 Å². The molecule has 0 radical (unpaired) electrons. The molecule has 3 heteroatoms. The van der Waals surface area contributed by atoms with Crippen molar-refractivity contribution in [3.8, 4) is 0 Å². The maximum atomic E-state index is 11.0. The van der Waals surface area contributed by atoms with Crippen LogP contribution in [0.2, 0.25) is 0 Å². The number of hydrogen-bond acceptors (Lipinski definition) is 2. The van der Waals surface area contributed by atoms with Gasteiger partial charge in [-0.25, -0.2) is 0 Å². The lowest BCUT2D eigenvalue weighted by Crippen LogP contribution is -2.39. The third kappa shape index (κ3) is 2.35. The van der Waals surface area contributed by atoms with Crippen LogP contribution in [-0.4, -0.2) is 23.2 Å². The van der Waals surface area contributed by atoms with Crippen molar-refractivity contribution in [3.63, 3.8) is 0 Å². The Morgan fingerprint density at radius 3 is 2.67 bits per heavy atom. The normalized spacial score (nSPS) is 20.0. The second-order valence-corrected chi connectivity index (χ2v) is 5.46. The molecule has 0 amide bonds. The number of carboxylic acid groups (broad SMARTS) is 1. The Bertz CT molecular complexity index is 442. The molecule has 0 spiro atoms. The maximum Gasteiger partial charge on any atom is 0.306 e. The molecule has 0 saturated carbocycles. The van der Waals surface area contributed by atoms with Gasteiger partial charge in [0.05, 0.1) is 5.92 Å². The minimum absolute atomic E-state index is 0.287. The Hall–Kier alpha value is -1.51. The molecule has 1 aromatic carbocycles. The summed E-state index contributed by atoms with van der Waals surface area (Å²) in [5.74, 6) is -0.986. The number of fused-ring (bicyclic) bond motifs is 1. The molecule has 2 unspecified atom stereocenters. The van der Waals surface area contributed by atoms with E-state index in [-0.39, 0.29) is 5.92 Å². The van der Waals surface area contributed by atoms with E-state index >= 15 is 0 Å². The quantitative estimate of drug-likeness (QED) is 0.889. The van der Waals surface area contributed by atoms with Crippen molar-refractivity contribution in [1.82, 2.24) is 0 Å². The summed E-state index contributed by atoms with van der Waals surface area (Å²) < 4.78 is 0. The van der Waals surface area contributed by atoms with Crippen LogP contribution in [0.15, 0.2) is 24.3 Å². The summed E-state index contributed by atoms with van der Waals surface area (Å²) in [6.45, 7) is 6.13. The Morgan fingerprint density at radius 1 is 1.39 bits per heavy atom. The van der Waals surface area contributed by atoms with Crippen molar-refractivity contribution < 1.29 is 9.90 Å². The Kier molecular flexibility index (Phi) is 3.60. The first-order valence-corrected chi connectivity index (χ1v) is 6.59. The summed E-state index contributed by atoms with van der Waals surface area (Å²) in [7, 11) is 0. The summed E-state index contributed by atoms with van der Waals surface area (Å²) in [6, 6.07) is 9.11. The van der Waals surface area contributed by atoms with Crippen molar-refractivity contribution in [2.75, 3.05) is 4.90 Å². The zero-order valence-corrected chi connectivity index (χ0v) is 11.3. The van der Waals surface area contributed by atoms with Gasteiger partial charge in [0.15, 0.2) is 0 Å². The van der Waals surface area contributed by atoms with Gasteiger partial charge in [0.1, 0.15) is 0 Å². The highest BCUT2D eigenvalue weighted by Gasteiger charge is 2.32. The molecule has 3 nitrogen and oxygen atoms in total. The fraction of sp³-hybridized carbons (Fsp3) is 0.533. The Balaban J connectivity index is 2.21. The van der Waals surface area contributed by atoms with E-state index in [0.29, 0.717) is 18.5 Å². The number of nitrogens with zero attached hydrogens (tertiary/aromatic N) is 1. The molecule has 1 aromatic rings. The molecule has 1 N–H and O–H groups in total. The zero-order valence-electron chi connectivity index (χ0n) is 11.3. The van der Waals surface area contributed by atoms with E-state index in [1.807, 2.05) is 0 Å². The van der Waals surface area contributed by atoms with Gasteiger partial charge in [-0.3, -0.25) is 4.79 Å². The monoisotopic (exact) mass is 247 g/mol. The molecule has 0 aliphatic carbocycles. The smallest absolute Gasteiger partial charge is 0.306 e. The van der Waals surface area contributed by atoms with Crippen molar-refractivity contribution >= 4 is 11.7 Å². The molecular formula is C15H21NO2. The van der Waals surface area contributed by atoms with Gasteiger partial charge in [-0.1, -0.05) is 25.1 Å². The van der Waals surface area contributed by atoms with Gasteiger partial charge in [-0.05, 0) is 38.3 Å². The van der Waals surface area contributed by atoms with Crippen LogP contribution < -0.4 is 4.90 Å². The van der Waals surface area contributed by atoms with Crippen molar-refractivity contribution in [2.45, 2.75) is 45.7 Å². The van der Waals surface area contributed by atoms with Crippen molar-refractivity contribution in [2.24, 2.45) is 5.92 Å². The Labute approximate surface area is 108 Å². The number of carbonyl (C=O) groups is 1. The molecular weight excluding hydrogens is 226 g/mol. The number of hydrogen-bond donors (Lipinski definition) is 1. The fourth-order valence-electron chi connectivity index (χ4n) is 2.89. The lowest BCUT2D eigenvalue weighted by atomic mass is 9.98. The van der Waals surface area contributed by atoms with Crippen molar-refractivity contribution in [3.05, 3.63) is 29.8 Å². The van der Waals surface area contributed by atoms with Crippen LogP contribution in [0.3, 0.4) is 0 Å². The molecule has 1 aliphatic rings. The highest BCUT2D eigenvalue weighted by molar-refractivity contribution is 5.70. The van der Waals surface area contributed by atoms with Crippen LogP contribution in [0.4, 0.5) is 5.69 Å². The summed E-state index contributed by atoms with van der Waals surface area (Å²) in [6.07, 6.45) is 1.67. The number of anilines is 1. The second kappa shape index (κ2) is 5.01. The van der Waals surface area contributed by atoms with E-state index in [2.05, 4.69) is 43.0 Å². The summed E-state index contributed by atoms with van der Waals surface area (Å²) in [5.41, 5.74) is 2.61. The molecule has 1 aliphatic heterocycles. The number of para-hydroxylation sites is 1. The van der Waals surface area contributed by atoms with Gasteiger partial charge >= 0.3 is 5.97 Å². The molecule has 0 saturated heterocycles. The van der Waals surface area contributed by atoms with Gasteiger partial charge in [0.25, 0.3) is 0 Å². The number of aliphatic carboxylic acids is 1. The number of benzene rings is 1. The van der Waals surface area contributed by atoms with Gasteiger partial charge in [-0.15, -0.1) is 0 Å². The minimum atomic E-state index is -0.699. The van der Waals surface area contributed by atoms with Gasteiger partial charge < -0.3 is 10.0 Å². The lowest BCUT2D eigenvalue weighted by molar-refractivity contribution is -0.141. The van der Waals surface area contributed by atoms with E-state index in [1.54, 1.807) is 6.92 Å². The van der Waals surface area contributed by atoms with E-state index in [9.17, 15) is 4.79 Å². The predicted molar refractivity (Wildman–Crippen MR) is 73.0 cm³/mol.